The van der Waals surface area contributed by atoms with E-state index in [4.69, 9.17) is 22.1 Å². The van der Waals surface area contributed by atoms with Crippen LogP contribution in [0.4, 0.5) is 5.69 Å². The van der Waals surface area contributed by atoms with Gasteiger partial charge in [-0.2, -0.15) is 0 Å². The van der Waals surface area contributed by atoms with E-state index in [-0.39, 0.29) is 0 Å². The van der Waals surface area contributed by atoms with Crippen LogP contribution in [-0.2, 0) is 9.59 Å². The van der Waals surface area contributed by atoms with Gasteiger partial charge in [-0.05, 0) is 64.9 Å². The molecule has 0 aliphatic heterocycles. The van der Waals surface area contributed by atoms with E-state index in [2.05, 4.69) is 53.0 Å². The molecule has 1 aromatic rings. The highest BCUT2D eigenvalue weighted by molar-refractivity contribution is 6.90. The zero-order valence-electron chi connectivity index (χ0n) is 22.9. The lowest BCUT2D eigenvalue weighted by Gasteiger charge is -2.39. The topological polar surface area (TPSA) is 72.6 Å². The second kappa shape index (κ2) is 11.4. The van der Waals surface area contributed by atoms with Crippen molar-refractivity contribution in [1.82, 2.24) is 0 Å². The second-order valence-corrected chi connectivity index (χ2v) is 17.8. The zero-order valence-corrected chi connectivity index (χ0v) is 24.6. The third kappa shape index (κ3) is 6.83. The van der Waals surface area contributed by atoms with Gasteiger partial charge in [0.05, 0.1) is 11.6 Å². The Balaban J connectivity index is 2.57. The fourth-order valence-corrected chi connectivity index (χ4v) is 10.6. The van der Waals surface area contributed by atoms with Crippen LogP contribution in [0, 0.1) is 22.8 Å². The van der Waals surface area contributed by atoms with Crippen molar-refractivity contribution in [3.63, 3.8) is 0 Å². The smallest absolute Gasteiger partial charge is 0.303 e. The first-order chi connectivity index (χ1) is 16.1. The van der Waals surface area contributed by atoms with Gasteiger partial charge < -0.3 is 10.5 Å². The summed E-state index contributed by atoms with van der Waals surface area (Å²) in [6.45, 7) is 19.5. The van der Waals surface area contributed by atoms with Crippen molar-refractivity contribution < 1.29 is 14.3 Å². The van der Waals surface area contributed by atoms with Crippen LogP contribution >= 0.6 is 11.6 Å². The maximum atomic E-state index is 13.8. The predicted octanol–water partition coefficient (Wildman–Crippen LogP) is 6.58. The number of carbonyl (C=O) groups is 2. The minimum absolute atomic E-state index is 0.378. The van der Waals surface area contributed by atoms with E-state index in [9.17, 15) is 9.59 Å². The average molecular weight is 519 g/mol. The van der Waals surface area contributed by atoms with Gasteiger partial charge in [-0.1, -0.05) is 73.9 Å². The van der Waals surface area contributed by atoms with Crippen LogP contribution < -0.4 is 15.4 Å². The Bertz CT molecular complexity index is 962. The van der Waals surface area contributed by atoms with Gasteiger partial charge >= 0.3 is 5.91 Å². The van der Waals surface area contributed by atoms with Crippen LogP contribution in [0.1, 0.15) is 75.2 Å². The molecule has 194 valence electrons. The SMILES string of the molecule is CC(C)[Si](C#CC(=O)N(c1ccc(OCC2CC2)c(Cl)c1)C(C(N)=O)C(C)(C)C)(C(C)C)C(C)C. The molecule has 0 bridgehead atoms. The highest BCUT2D eigenvalue weighted by atomic mass is 35.5. The fourth-order valence-electron chi connectivity index (χ4n) is 5.23. The monoisotopic (exact) mass is 518 g/mol. The van der Waals surface area contributed by atoms with E-state index in [0.29, 0.717) is 45.6 Å². The Kier molecular flexibility index (Phi) is 9.52. The summed E-state index contributed by atoms with van der Waals surface area (Å²) in [4.78, 5) is 27.8. The molecule has 7 heteroatoms. The largest absolute Gasteiger partial charge is 0.492 e. The summed E-state index contributed by atoms with van der Waals surface area (Å²) < 4.78 is 5.85. The van der Waals surface area contributed by atoms with Gasteiger partial charge in [0.25, 0.3) is 0 Å². The van der Waals surface area contributed by atoms with Gasteiger partial charge in [0.1, 0.15) is 19.9 Å². The van der Waals surface area contributed by atoms with Crippen molar-refractivity contribution in [2.45, 2.75) is 97.8 Å². The highest BCUT2D eigenvalue weighted by Gasteiger charge is 2.43. The number of halogens is 1. The van der Waals surface area contributed by atoms with Crippen molar-refractivity contribution in [3.8, 4) is 17.2 Å². The molecule has 1 aliphatic carbocycles. The molecule has 0 heterocycles. The van der Waals surface area contributed by atoms with E-state index < -0.39 is 31.3 Å². The first-order valence-electron chi connectivity index (χ1n) is 12.7. The molecule has 1 aromatic carbocycles. The first kappa shape index (κ1) is 29.3. The summed E-state index contributed by atoms with van der Waals surface area (Å²) in [6.07, 6.45) is 2.35. The lowest BCUT2D eigenvalue weighted by molar-refractivity contribution is -0.124. The number of amides is 2. The van der Waals surface area contributed by atoms with Crippen molar-refractivity contribution in [2.24, 2.45) is 17.1 Å². The van der Waals surface area contributed by atoms with Gasteiger partial charge in [0, 0.05) is 5.69 Å². The zero-order chi connectivity index (χ0) is 26.7. The normalized spacial score (nSPS) is 15.1. The molecule has 0 saturated heterocycles. The van der Waals surface area contributed by atoms with Crippen molar-refractivity contribution >= 4 is 37.2 Å². The number of nitrogens with two attached hydrogens (primary N) is 1. The molecule has 2 amide bonds. The predicted molar refractivity (Wildman–Crippen MR) is 148 cm³/mol. The number of hydrogen-bond donors (Lipinski definition) is 1. The third-order valence-corrected chi connectivity index (χ3v) is 13.8. The number of carbonyl (C=O) groups excluding carboxylic acids is 2. The average Bonchev–Trinajstić information content (AvgIpc) is 3.53. The van der Waals surface area contributed by atoms with Gasteiger partial charge in [0.15, 0.2) is 0 Å². The molecular formula is C28H43ClN2O3Si. The van der Waals surface area contributed by atoms with Gasteiger partial charge in [-0.15, -0.1) is 5.54 Å². The second-order valence-electron chi connectivity index (χ2n) is 11.9. The lowest BCUT2D eigenvalue weighted by atomic mass is 9.84. The van der Waals surface area contributed by atoms with E-state index in [1.807, 2.05) is 20.8 Å². The number of hydrogen-bond acceptors (Lipinski definition) is 3. The molecule has 2 rings (SSSR count). The Morgan fingerprint density at radius 1 is 1.11 bits per heavy atom. The molecule has 1 aliphatic rings. The Morgan fingerprint density at radius 3 is 2.06 bits per heavy atom. The van der Waals surface area contributed by atoms with Crippen LogP contribution in [0.15, 0.2) is 18.2 Å². The molecule has 35 heavy (non-hydrogen) atoms. The Labute approximate surface area is 218 Å². The van der Waals surface area contributed by atoms with Crippen LogP contribution in [-0.4, -0.2) is 32.5 Å². The minimum Gasteiger partial charge on any atom is -0.492 e. The number of primary amides is 1. The number of benzene rings is 1. The summed E-state index contributed by atoms with van der Waals surface area (Å²) >= 11 is 6.55. The summed E-state index contributed by atoms with van der Waals surface area (Å²) in [5.74, 6) is 3.10. The van der Waals surface area contributed by atoms with E-state index in [1.54, 1.807) is 18.2 Å². The number of ether oxygens (including phenoxy) is 1. The fraction of sp³-hybridized carbons (Fsp3) is 0.643. The Hall–Kier alpha value is -1.97. The molecule has 0 spiro atoms. The highest BCUT2D eigenvalue weighted by Crippen LogP contribution is 2.41. The number of rotatable bonds is 9. The number of nitrogens with zero attached hydrogens (tertiary/aromatic N) is 1. The van der Waals surface area contributed by atoms with Gasteiger partial charge in [-0.3, -0.25) is 14.5 Å². The summed E-state index contributed by atoms with van der Waals surface area (Å²) in [5, 5.41) is 0.390. The van der Waals surface area contributed by atoms with E-state index in [1.165, 1.54) is 17.7 Å². The molecular weight excluding hydrogens is 476 g/mol. The molecule has 0 aromatic heterocycles. The van der Waals surface area contributed by atoms with E-state index in [0.717, 1.165) is 0 Å². The van der Waals surface area contributed by atoms with Crippen molar-refractivity contribution in [2.75, 3.05) is 11.5 Å². The van der Waals surface area contributed by atoms with Crippen molar-refractivity contribution in [1.29, 1.82) is 0 Å². The van der Waals surface area contributed by atoms with Crippen LogP contribution in [0.5, 0.6) is 5.75 Å². The van der Waals surface area contributed by atoms with Crippen LogP contribution in [0.25, 0.3) is 0 Å². The molecule has 1 saturated carbocycles. The van der Waals surface area contributed by atoms with Crippen molar-refractivity contribution in [3.05, 3.63) is 23.2 Å². The Morgan fingerprint density at radius 2 is 1.66 bits per heavy atom. The number of anilines is 1. The minimum atomic E-state index is -2.15. The maximum Gasteiger partial charge on any atom is 0.303 e. The van der Waals surface area contributed by atoms with E-state index >= 15 is 0 Å². The lowest BCUT2D eigenvalue weighted by Crippen LogP contribution is -2.55. The molecule has 2 N–H and O–H groups in total. The third-order valence-electron chi connectivity index (χ3n) is 7.18. The molecule has 0 radical (unpaired) electrons. The molecule has 1 unspecified atom stereocenters. The van der Waals surface area contributed by atoms with Crippen LogP contribution in [0.3, 0.4) is 0 Å². The molecule has 1 atom stereocenters. The van der Waals surface area contributed by atoms with Gasteiger partial charge in [0.2, 0.25) is 5.91 Å². The molecule has 5 nitrogen and oxygen atoms in total. The standard InChI is InChI=1S/C28H43ClN2O3Si/c1-18(2)35(19(3)4,20(5)6)15-14-25(32)31(26(27(30)33)28(7,8)9)22-12-13-24(23(29)16-22)34-17-21-10-11-21/h12-13,16,18-21,26H,10-11,17H2,1-9H3,(H2,30,33). The molecule has 1 fully saturated rings. The summed E-state index contributed by atoms with van der Waals surface area (Å²) in [5.41, 5.74) is 10.3. The van der Waals surface area contributed by atoms with Gasteiger partial charge in [-0.25, -0.2) is 0 Å². The maximum absolute atomic E-state index is 13.8. The quantitative estimate of drug-likeness (QED) is 0.296. The summed E-state index contributed by atoms with van der Waals surface area (Å²) in [7, 11) is -2.15. The van der Waals surface area contributed by atoms with Crippen LogP contribution in [0.2, 0.25) is 21.6 Å². The summed E-state index contributed by atoms with van der Waals surface area (Å²) in [6, 6.07) is 4.28. The first-order valence-corrected chi connectivity index (χ1v) is 15.3.